The van der Waals surface area contributed by atoms with Crippen LogP contribution in [0, 0.1) is 6.92 Å². The summed E-state index contributed by atoms with van der Waals surface area (Å²) >= 11 is 6.34. The number of hydrogen-bond acceptors (Lipinski definition) is 1. The van der Waals surface area contributed by atoms with Gasteiger partial charge in [-0.1, -0.05) is 39.0 Å². The van der Waals surface area contributed by atoms with E-state index in [-0.39, 0.29) is 10.9 Å². The number of halogens is 1. The Balaban J connectivity index is 3.10. The van der Waals surface area contributed by atoms with E-state index in [2.05, 4.69) is 45.9 Å². The van der Waals surface area contributed by atoms with E-state index >= 15 is 0 Å². The average Bonchev–Trinajstić information content (AvgIpc) is 2.15. The molecule has 0 aliphatic carbocycles. The zero-order valence-corrected chi connectivity index (χ0v) is 11.9. The number of rotatable bonds is 2. The smallest absolute Gasteiger partial charge is 0.110 e. The van der Waals surface area contributed by atoms with Gasteiger partial charge in [0.25, 0.3) is 0 Å². The third-order valence-electron chi connectivity index (χ3n) is 2.85. The Labute approximate surface area is 104 Å². The first-order valence-corrected chi connectivity index (χ1v) is 6.08. The fourth-order valence-electron chi connectivity index (χ4n) is 1.69. The maximum absolute atomic E-state index is 6.34. The highest BCUT2D eigenvalue weighted by molar-refractivity contribution is 6.20. The average molecular weight is 240 g/mol. The maximum atomic E-state index is 6.34. The van der Waals surface area contributed by atoms with E-state index in [4.69, 9.17) is 11.6 Å². The van der Waals surface area contributed by atoms with Crippen LogP contribution >= 0.6 is 11.6 Å². The Hall–Kier alpha value is -0.530. The van der Waals surface area contributed by atoms with Gasteiger partial charge in [0.15, 0.2) is 0 Å². The molecule has 0 radical (unpaired) electrons. The predicted octanol–water partition coefficient (Wildman–Crippen LogP) is 4.09. The van der Waals surface area contributed by atoms with Crippen molar-refractivity contribution in [1.29, 1.82) is 0 Å². The minimum atomic E-state index is -0.0472. The molecule has 0 heterocycles. The molecule has 1 aromatic rings. The summed E-state index contributed by atoms with van der Waals surface area (Å²) in [5.41, 5.74) is 3.97. The molecule has 0 bridgehead atoms. The molecule has 2 heteroatoms. The first-order chi connectivity index (χ1) is 7.23. The molecule has 90 valence electrons. The number of benzene rings is 1. The SMILES string of the molecule is Cc1cc(C(C)(C)C)ccc1C(Cl)N(C)C. The third-order valence-corrected chi connectivity index (χ3v) is 3.47. The van der Waals surface area contributed by atoms with Crippen LogP contribution in [0.1, 0.15) is 43.0 Å². The Bertz CT molecular complexity index is 363. The van der Waals surface area contributed by atoms with Crippen molar-refractivity contribution in [3.63, 3.8) is 0 Å². The highest BCUT2D eigenvalue weighted by Gasteiger charge is 2.17. The Morgan fingerprint density at radius 3 is 2.12 bits per heavy atom. The van der Waals surface area contributed by atoms with Crippen molar-refractivity contribution in [1.82, 2.24) is 4.90 Å². The quantitative estimate of drug-likeness (QED) is 0.555. The summed E-state index contributed by atoms with van der Waals surface area (Å²) in [6, 6.07) is 6.57. The molecule has 0 aliphatic rings. The van der Waals surface area contributed by atoms with Crippen LogP contribution in [0.3, 0.4) is 0 Å². The molecule has 0 saturated heterocycles. The van der Waals surface area contributed by atoms with Crippen LogP contribution in [0.15, 0.2) is 18.2 Å². The van der Waals surface area contributed by atoms with Crippen molar-refractivity contribution in [3.05, 3.63) is 34.9 Å². The summed E-state index contributed by atoms with van der Waals surface area (Å²) in [5, 5.41) is 0. The zero-order valence-electron chi connectivity index (χ0n) is 11.1. The topological polar surface area (TPSA) is 3.24 Å². The minimum absolute atomic E-state index is 0.0472. The second kappa shape index (κ2) is 4.77. The van der Waals surface area contributed by atoms with Crippen LogP contribution < -0.4 is 0 Å². The van der Waals surface area contributed by atoms with Gasteiger partial charge in [0, 0.05) is 0 Å². The lowest BCUT2D eigenvalue weighted by Crippen LogP contribution is -2.17. The standard InChI is InChI=1S/C14H22ClN/c1-10-9-11(14(2,3)4)7-8-12(10)13(15)16(5)6/h7-9,13H,1-6H3. The summed E-state index contributed by atoms with van der Waals surface area (Å²) in [7, 11) is 3.99. The van der Waals surface area contributed by atoms with E-state index in [1.807, 2.05) is 19.0 Å². The monoisotopic (exact) mass is 239 g/mol. The maximum Gasteiger partial charge on any atom is 0.110 e. The summed E-state index contributed by atoms with van der Waals surface area (Å²) in [4.78, 5) is 2.01. The van der Waals surface area contributed by atoms with Crippen molar-refractivity contribution in [2.24, 2.45) is 0 Å². The molecule has 1 atom stereocenters. The molecule has 0 saturated carbocycles. The first-order valence-electron chi connectivity index (χ1n) is 5.65. The van der Waals surface area contributed by atoms with Crippen LogP contribution in [0.5, 0.6) is 0 Å². The van der Waals surface area contributed by atoms with Crippen molar-refractivity contribution in [2.75, 3.05) is 14.1 Å². The molecule has 0 aliphatic heterocycles. The van der Waals surface area contributed by atoms with Gasteiger partial charge in [-0.15, -0.1) is 11.6 Å². The summed E-state index contributed by atoms with van der Waals surface area (Å²) in [5.74, 6) is 0. The van der Waals surface area contributed by atoms with Crippen molar-refractivity contribution < 1.29 is 0 Å². The van der Waals surface area contributed by atoms with E-state index < -0.39 is 0 Å². The fraction of sp³-hybridized carbons (Fsp3) is 0.571. The van der Waals surface area contributed by atoms with E-state index in [1.165, 1.54) is 16.7 Å². The third kappa shape index (κ3) is 2.99. The zero-order chi connectivity index (χ0) is 12.5. The minimum Gasteiger partial charge on any atom is -0.290 e. The van der Waals surface area contributed by atoms with Gasteiger partial charge in [-0.2, -0.15) is 0 Å². The van der Waals surface area contributed by atoms with Gasteiger partial charge in [0.05, 0.1) is 0 Å². The van der Waals surface area contributed by atoms with Gasteiger partial charge < -0.3 is 0 Å². The highest BCUT2D eigenvalue weighted by Crippen LogP contribution is 2.30. The first kappa shape index (κ1) is 13.5. The van der Waals surface area contributed by atoms with E-state index in [0.717, 1.165) is 0 Å². The molecule has 0 aromatic heterocycles. The Morgan fingerprint density at radius 2 is 1.75 bits per heavy atom. The van der Waals surface area contributed by atoms with E-state index in [9.17, 15) is 0 Å². The van der Waals surface area contributed by atoms with E-state index in [0.29, 0.717) is 0 Å². The lowest BCUT2D eigenvalue weighted by molar-refractivity contribution is 0.383. The Morgan fingerprint density at radius 1 is 1.19 bits per heavy atom. The van der Waals surface area contributed by atoms with Gasteiger partial charge in [-0.3, -0.25) is 4.90 Å². The van der Waals surface area contributed by atoms with Gasteiger partial charge >= 0.3 is 0 Å². The molecule has 0 fully saturated rings. The molecule has 1 aromatic carbocycles. The largest absolute Gasteiger partial charge is 0.290 e. The Kier molecular flexibility index (Phi) is 4.03. The number of aryl methyl sites for hydroxylation is 1. The van der Waals surface area contributed by atoms with Gasteiger partial charge in [-0.25, -0.2) is 0 Å². The van der Waals surface area contributed by atoms with Crippen LogP contribution in [-0.4, -0.2) is 19.0 Å². The summed E-state index contributed by atoms with van der Waals surface area (Å²) in [6.07, 6.45) is 0. The highest BCUT2D eigenvalue weighted by atomic mass is 35.5. The van der Waals surface area contributed by atoms with Crippen molar-refractivity contribution in [2.45, 2.75) is 38.6 Å². The molecule has 0 N–H and O–H groups in total. The van der Waals surface area contributed by atoms with Crippen LogP contribution in [0.4, 0.5) is 0 Å². The molecule has 1 rings (SSSR count). The summed E-state index contributed by atoms with van der Waals surface area (Å²) in [6.45, 7) is 8.81. The lowest BCUT2D eigenvalue weighted by Gasteiger charge is -2.24. The van der Waals surface area contributed by atoms with Crippen LogP contribution in [-0.2, 0) is 5.41 Å². The molecular formula is C14H22ClN. The van der Waals surface area contributed by atoms with Gasteiger partial charge in [0.2, 0.25) is 0 Å². The fourth-order valence-corrected chi connectivity index (χ4v) is 1.93. The van der Waals surface area contributed by atoms with E-state index in [1.54, 1.807) is 0 Å². The molecule has 1 unspecified atom stereocenters. The molecule has 1 nitrogen and oxygen atoms in total. The molecule has 0 amide bonds. The number of nitrogens with zero attached hydrogens (tertiary/aromatic N) is 1. The molecule has 0 spiro atoms. The second-order valence-electron chi connectivity index (χ2n) is 5.62. The summed E-state index contributed by atoms with van der Waals surface area (Å²) < 4.78 is 0. The van der Waals surface area contributed by atoms with Gasteiger partial charge in [0.1, 0.15) is 5.50 Å². The van der Waals surface area contributed by atoms with Crippen molar-refractivity contribution in [3.8, 4) is 0 Å². The molecular weight excluding hydrogens is 218 g/mol. The predicted molar refractivity (Wildman–Crippen MR) is 72.2 cm³/mol. The van der Waals surface area contributed by atoms with Gasteiger partial charge in [-0.05, 0) is 43.1 Å². The van der Waals surface area contributed by atoms with Crippen LogP contribution in [0.25, 0.3) is 0 Å². The normalized spacial score (nSPS) is 14.2. The van der Waals surface area contributed by atoms with Crippen molar-refractivity contribution >= 4 is 11.6 Å². The second-order valence-corrected chi connectivity index (χ2v) is 6.03. The lowest BCUT2D eigenvalue weighted by atomic mass is 9.85. The van der Waals surface area contributed by atoms with Crippen LogP contribution in [0.2, 0.25) is 0 Å². The number of alkyl halides is 1. The molecule has 16 heavy (non-hydrogen) atoms. The number of hydrogen-bond donors (Lipinski definition) is 0.